The Hall–Kier alpha value is -2.51. The number of ketones is 1. The second kappa shape index (κ2) is 8.88. The number of sulfonamides is 1. The number of piperidine rings is 1. The number of carbonyl (C=O) groups is 2. The summed E-state index contributed by atoms with van der Waals surface area (Å²) in [4.78, 5) is 24.0. The fraction of sp³-hybridized carbons (Fsp3) is 0.364. The molecule has 6 nitrogen and oxygen atoms in total. The fourth-order valence-corrected chi connectivity index (χ4v) is 4.83. The molecular weight excluding hydrogens is 390 g/mol. The summed E-state index contributed by atoms with van der Waals surface area (Å²) in [6, 6.07) is 13.8. The Bertz CT molecular complexity index is 990. The molecule has 7 heteroatoms. The molecule has 2 aromatic carbocycles. The predicted molar refractivity (Wildman–Crippen MR) is 109 cm³/mol. The number of ether oxygens (including phenoxy) is 1. The van der Waals surface area contributed by atoms with Crippen LogP contribution in [-0.2, 0) is 26.2 Å². The van der Waals surface area contributed by atoms with Gasteiger partial charge in [0.1, 0.15) is 6.61 Å². The van der Waals surface area contributed by atoms with Crippen LogP contribution in [0.15, 0.2) is 53.4 Å². The molecule has 0 spiro atoms. The first kappa shape index (κ1) is 21.2. The summed E-state index contributed by atoms with van der Waals surface area (Å²) in [6.45, 7) is 4.11. The lowest BCUT2D eigenvalue weighted by Gasteiger charge is -2.30. The highest BCUT2D eigenvalue weighted by molar-refractivity contribution is 7.89. The molecule has 2 aromatic rings. The van der Waals surface area contributed by atoms with Crippen molar-refractivity contribution in [1.82, 2.24) is 4.31 Å². The van der Waals surface area contributed by atoms with Gasteiger partial charge in [0.2, 0.25) is 10.0 Å². The van der Waals surface area contributed by atoms with Gasteiger partial charge in [-0.1, -0.05) is 42.0 Å². The largest absolute Gasteiger partial charge is 0.461 e. The summed E-state index contributed by atoms with van der Waals surface area (Å²) in [7, 11) is -3.70. The second-order valence-corrected chi connectivity index (χ2v) is 9.29. The molecule has 0 aromatic heterocycles. The predicted octanol–water partition coefficient (Wildman–Crippen LogP) is 3.34. The number of hydrogen-bond acceptors (Lipinski definition) is 5. The van der Waals surface area contributed by atoms with Crippen LogP contribution in [0.1, 0.15) is 41.3 Å². The third-order valence-corrected chi connectivity index (χ3v) is 7.06. The Morgan fingerprint density at radius 3 is 2.34 bits per heavy atom. The van der Waals surface area contributed by atoms with Crippen LogP contribution in [-0.4, -0.2) is 37.6 Å². The third-order valence-electron chi connectivity index (χ3n) is 5.17. The number of carbonyl (C=O) groups excluding carboxylic acids is 2. The average molecular weight is 416 g/mol. The summed E-state index contributed by atoms with van der Waals surface area (Å²) in [5.41, 5.74) is 2.43. The fourth-order valence-electron chi connectivity index (χ4n) is 3.31. The maximum Gasteiger partial charge on any atom is 0.309 e. The first-order valence-electron chi connectivity index (χ1n) is 9.60. The number of Topliss-reactive ketones (excluding diaryl/α,β-unsaturated/α-hetero) is 1. The summed E-state index contributed by atoms with van der Waals surface area (Å²) >= 11 is 0. The Morgan fingerprint density at radius 1 is 1.07 bits per heavy atom. The summed E-state index contributed by atoms with van der Waals surface area (Å²) < 4.78 is 32.5. The second-order valence-electron chi connectivity index (χ2n) is 7.36. The zero-order valence-electron chi connectivity index (χ0n) is 16.6. The minimum Gasteiger partial charge on any atom is -0.461 e. The molecule has 29 heavy (non-hydrogen) atoms. The van der Waals surface area contributed by atoms with Crippen LogP contribution in [0.3, 0.4) is 0 Å². The summed E-state index contributed by atoms with van der Waals surface area (Å²) in [5.74, 6) is -0.784. The topological polar surface area (TPSA) is 80.8 Å². The lowest BCUT2D eigenvalue weighted by molar-refractivity contribution is -0.151. The van der Waals surface area contributed by atoms with Crippen molar-refractivity contribution in [3.05, 3.63) is 65.2 Å². The lowest BCUT2D eigenvalue weighted by atomic mass is 9.98. The van der Waals surface area contributed by atoms with Crippen molar-refractivity contribution in [1.29, 1.82) is 0 Å². The van der Waals surface area contributed by atoms with Gasteiger partial charge in [0, 0.05) is 18.7 Å². The van der Waals surface area contributed by atoms with E-state index in [0.717, 1.165) is 11.1 Å². The van der Waals surface area contributed by atoms with E-state index in [1.54, 1.807) is 12.1 Å². The van der Waals surface area contributed by atoms with E-state index in [9.17, 15) is 18.0 Å². The van der Waals surface area contributed by atoms with Gasteiger partial charge in [-0.15, -0.1) is 0 Å². The molecule has 0 radical (unpaired) electrons. The Balaban J connectivity index is 1.58. The molecule has 3 rings (SSSR count). The molecule has 1 saturated heterocycles. The van der Waals surface area contributed by atoms with Gasteiger partial charge in [0.05, 0.1) is 10.8 Å². The minimum atomic E-state index is -3.70. The number of nitrogens with zero attached hydrogens (tertiary/aromatic N) is 1. The van der Waals surface area contributed by atoms with Gasteiger partial charge in [-0.3, -0.25) is 9.59 Å². The van der Waals surface area contributed by atoms with Crippen LogP contribution in [0.4, 0.5) is 0 Å². The molecule has 0 atom stereocenters. The van der Waals surface area contributed by atoms with Crippen molar-refractivity contribution >= 4 is 21.8 Å². The standard InChI is InChI=1S/C22H25NO5S/c1-16-6-8-18(9-7-16)15-28-22(25)19-10-12-23(13-11-19)29(26,27)21-5-3-4-20(14-21)17(2)24/h3-9,14,19H,10-13,15H2,1-2H3. The molecule has 1 heterocycles. The smallest absolute Gasteiger partial charge is 0.309 e. The van der Waals surface area contributed by atoms with Gasteiger partial charge in [-0.25, -0.2) is 8.42 Å². The van der Waals surface area contributed by atoms with E-state index < -0.39 is 10.0 Å². The van der Waals surface area contributed by atoms with Gasteiger partial charge in [-0.2, -0.15) is 4.31 Å². The van der Waals surface area contributed by atoms with Crippen molar-refractivity contribution in [2.24, 2.45) is 5.92 Å². The van der Waals surface area contributed by atoms with Crippen molar-refractivity contribution in [2.75, 3.05) is 13.1 Å². The molecular formula is C22H25NO5S. The molecule has 0 amide bonds. The van der Waals surface area contributed by atoms with Gasteiger partial charge >= 0.3 is 5.97 Å². The zero-order chi connectivity index (χ0) is 21.0. The Morgan fingerprint density at radius 2 is 1.72 bits per heavy atom. The van der Waals surface area contributed by atoms with E-state index >= 15 is 0 Å². The first-order chi connectivity index (χ1) is 13.8. The highest BCUT2D eigenvalue weighted by Gasteiger charge is 2.33. The monoisotopic (exact) mass is 415 g/mol. The Kier molecular flexibility index (Phi) is 6.49. The van der Waals surface area contributed by atoms with Crippen molar-refractivity contribution in [2.45, 2.75) is 38.2 Å². The van der Waals surface area contributed by atoms with Crippen LogP contribution in [0.25, 0.3) is 0 Å². The van der Waals surface area contributed by atoms with Crippen molar-refractivity contribution < 1.29 is 22.7 Å². The van der Waals surface area contributed by atoms with E-state index in [4.69, 9.17) is 4.74 Å². The number of esters is 1. The van der Waals surface area contributed by atoms with Gasteiger partial charge in [0.25, 0.3) is 0 Å². The maximum atomic E-state index is 12.9. The summed E-state index contributed by atoms with van der Waals surface area (Å²) in [6.07, 6.45) is 0.830. The molecule has 0 bridgehead atoms. The highest BCUT2D eigenvalue weighted by atomic mass is 32.2. The van der Waals surface area contributed by atoms with Crippen molar-refractivity contribution in [3.63, 3.8) is 0 Å². The molecule has 0 aliphatic carbocycles. The van der Waals surface area contributed by atoms with Crippen LogP contribution < -0.4 is 0 Å². The molecule has 1 aliphatic heterocycles. The number of rotatable bonds is 6. The summed E-state index contributed by atoms with van der Waals surface area (Å²) in [5, 5.41) is 0. The molecule has 1 fully saturated rings. The molecule has 154 valence electrons. The van der Waals surface area contributed by atoms with E-state index in [1.807, 2.05) is 31.2 Å². The van der Waals surface area contributed by atoms with Crippen LogP contribution in [0, 0.1) is 12.8 Å². The third kappa shape index (κ3) is 5.10. The normalized spacial score (nSPS) is 15.8. The van der Waals surface area contributed by atoms with Gasteiger partial charge < -0.3 is 4.74 Å². The van der Waals surface area contributed by atoms with Crippen LogP contribution >= 0.6 is 0 Å². The molecule has 1 aliphatic rings. The molecule has 0 unspecified atom stereocenters. The average Bonchev–Trinajstić information content (AvgIpc) is 2.73. The molecule has 0 saturated carbocycles. The van der Waals surface area contributed by atoms with E-state index in [2.05, 4.69) is 0 Å². The Labute approximate surface area is 171 Å². The van der Waals surface area contributed by atoms with Gasteiger partial charge in [0.15, 0.2) is 5.78 Å². The van der Waals surface area contributed by atoms with Crippen LogP contribution in [0.5, 0.6) is 0 Å². The number of benzene rings is 2. The quantitative estimate of drug-likeness (QED) is 0.534. The van der Waals surface area contributed by atoms with E-state index in [0.29, 0.717) is 18.4 Å². The lowest BCUT2D eigenvalue weighted by Crippen LogP contribution is -2.40. The molecule has 0 N–H and O–H groups in total. The zero-order valence-corrected chi connectivity index (χ0v) is 17.4. The maximum absolute atomic E-state index is 12.9. The van der Waals surface area contributed by atoms with E-state index in [1.165, 1.54) is 23.4 Å². The van der Waals surface area contributed by atoms with Crippen molar-refractivity contribution in [3.8, 4) is 0 Å². The van der Waals surface area contributed by atoms with Crippen LogP contribution in [0.2, 0.25) is 0 Å². The number of aryl methyl sites for hydroxylation is 1. The number of hydrogen-bond donors (Lipinski definition) is 0. The van der Waals surface area contributed by atoms with Gasteiger partial charge in [-0.05, 0) is 44.4 Å². The first-order valence-corrected chi connectivity index (χ1v) is 11.0. The minimum absolute atomic E-state index is 0.102. The van der Waals surface area contributed by atoms with E-state index in [-0.39, 0.29) is 42.3 Å². The highest BCUT2D eigenvalue weighted by Crippen LogP contribution is 2.25. The SMILES string of the molecule is CC(=O)c1cccc(S(=O)(=O)N2CCC(C(=O)OCc3ccc(C)cc3)CC2)c1.